The Bertz CT molecular complexity index is 968. The molecule has 0 spiro atoms. The number of nitrogens with zero attached hydrogens (tertiary/aromatic N) is 5. The highest BCUT2D eigenvalue weighted by atomic mass is 19.1. The Kier molecular flexibility index (Phi) is 4.43. The van der Waals surface area contributed by atoms with Crippen LogP contribution in [0, 0.1) is 5.82 Å². The van der Waals surface area contributed by atoms with Crippen molar-refractivity contribution in [1.29, 1.82) is 0 Å². The number of aryl methyl sites for hydroxylation is 2. The van der Waals surface area contributed by atoms with E-state index in [1.165, 1.54) is 6.07 Å². The van der Waals surface area contributed by atoms with Gasteiger partial charge in [0.1, 0.15) is 17.2 Å². The largest absolute Gasteiger partial charge is 0.366 e. The lowest BCUT2D eigenvalue weighted by Crippen LogP contribution is -2.49. The van der Waals surface area contributed by atoms with E-state index in [-0.39, 0.29) is 11.7 Å². The lowest BCUT2D eigenvalue weighted by atomic mass is 10.2. The summed E-state index contributed by atoms with van der Waals surface area (Å²) in [5.74, 6) is -0.269. The quantitative estimate of drug-likeness (QED) is 0.715. The molecule has 1 aliphatic heterocycles. The molecule has 4 rings (SSSR count). The molecule has 3 aromatic rings. The molecular weight excluding hydrogens is 345 g/mol. The van der Waals surface area contributed by atoms with E-state index < -0.39 is 0 Å². The maximum absolute atomic E-state index is 14.0. The van der Waals surface area contributed by atoms with Gasteiger partial charge in [0, 0.05) is 46.5 Å². The third-order valence-electron chi connectivity index (χ3n) is 5.07. The first-order chi connectivity index (χ1) is 13.0. The summed E-state index contributed by atoms with van der Waals surface area (Å²) in [5.41, 5.74) is 2.90. The van der Waals surface area contributed by atoms with Gasteiger partial charge in [-0.15, -0.1) is 0 Å². The van der Waals surface area contributed by atoms with Crippen LogP contribution in [0.25, 0.3) is 11.4 Å². The molecule has 1 fully saturated rings. The van der Waals surface area contributed by atoms with Crippen molar-refractivity contribution in [3.63, 3.8) is 0 Å². The van der Waals surface area contributed by atoms with Crippen LogP contribution in [0.5, 0.6) is 0 Å². The molecule has 1 aromatic carbocycles. The van der Waals surface area contributed by atoms with E-state index >= 15 is 0 Å². The minimum absolute atomic E-state index is 0.0429. The molecule has 0 atom stereocenters. The van der Waals surface area contributed by atoms with Crippen molar-refractivity contribution < 1.29 is 9.18 Å². The van der Waals surface area contributed by atoms with Crippen molar-refractivity contribution in [1.82, 2.24) is 19.2 Å². The Morgan fingerprint density at radius 3 is 2.44 bits per heavy atom. The number of aromatic nitrogens is 3. The van der Waals surface area contributed by atoms with E-state index in [1.54, 1.807) is 23.9 Å². The molecular formula is C20H22FN5O. The summed E-state index contributed by atoms with van der Waals surface area (Å²) in [6.07, 6.45) is 1.95. The molecule has 2 aromatic heterocycles. The molecule has 7 heteroatoms. The normalized spacial score (nSPS) is 14.6. The van der Waals surface area contributed by atoms with Gasteiger partial charge in [-0.25, -0.2) is 4.39 Å². The van der Waals surface area contributed by atoms with Gasteiger partial charge >= 0.3 is 0 Å². The fraction of sp³-hybridized carbons (Fsp3) is 0.300. The molecule has 0 bridgehead atoms. The van der Waals surface area contributed by atoms with Gasteiger partial charge in [-0.1, -0.05) is 12.1 Å². The summed E-state index contributed by atoms with van der Waals surface area (Å²) in [6, 6.07) is 12.5. The molecule has 140 valence electrons. The minimum atomic E-state index is -0.226. The van der Waals surface area contributed by atoms with Crippen molar-refractivity contribution in [3.8, 4) is 11.4 Å². The number of rotatable bonds is 3. The second kappa shape index (κ2) is 6.90. The van der Waals surface area contributed by atoms with Gasteiger partial charge < -0.3 is 14.4 Å². The summed E-state index contributed by atoms with van der Waals surface area (Å²) in [5, 5.41) is 4.49. The summed E-state index contributed by atoms with van der Waals surface area (Å²) in [7, 11) is 3.74. The summed E-state index contributed by atoms with van der Waals surface area (Å²) in [6.45, 7) is 2.32. The SMILES string of the molecule is Cn1cccc1-c1cc(C(=O)N2CCN(c3ccccc3F)CC2)n(C)n1. The molecule has 0 N–H and O–H groups in total. The van der Waals surface area contributed by atoms with Crippen molar-refractivity contribution in [2.24, 2.45) is 14.1 Å². The summed E-state index contributed by atoms with van der Waals surface area (Å²) < 4.78 is 17.6. The number of amides is 1. The van der Waals surface area contributed by atoms with Gasteiger partial charge in [0.05, 0.1) is 11.4 Å². The van der Waals surface area contributed by atoms with Crippen LogP contribution in [-0.2, 0) is 14.1 Å². The molecule has 6 nitrogen and oxygen atoms in total. The number of benzene rings is 1. The molecule has 1 saturated heterocycles. The smallest absolute Gasteiger partial charge is 0.272 e. The van der Waals surface area contributed by atoms with Crippen LogP contribution >= 0.6 is 0 Å². The van der Waals surface area contributed by atoms with Crippen molar-refractivity contribution >= 4 is 11.6 Å². The topological polar surface area (TPSA) is 46.3 Å². The first-order valence-electron chi connectivity index (χ1n) is 8.99. The Morgan fingerprint density at radius 2 is 1.78 bits per heavy atom. The summed E-state index contributed by atoms with van der Waals surface area (Å²) in [4.78, 5) is 16.8. The van der Waals surface area contributed by atoms with Crippen LogP contribution in [-0.4, -0.2) is 51.3 Å². The minimum Gasteiger partial charge on any atom is -0.366 e. The van der Waals surface area contributed by atoms with Crippen LogP contribution in [0.15, 0.2) is 48.7 Å². The van der Waals surface area contributed by atoms with Crippen molar-refractivity contribution in [3.05, 3.63) is 60.2 Å². The Labute approximate surface area is 157 Å². The van der Waals surface area contributed by atoms with E-state index in [0.717, 1.165) is 11.4 Å². The number of carbonyl (C=O) groups excluding carboxylic acids is 1. The molecule has 0 radical (unpaired) electrons. The lowest BCUT2D eigenvalue weighted by molar-refractivity contribution is 0.0735. The monoisotopic (exact) mass is 367 g/mol. The van der Waals surface area contributed by atoms with E-state index in [0.29, 0.717) is 37.6 Å². The van der Waals surface area contributed by atoms with Gasteiger partial charge in [0.2, 0.25) is 0 Å². The lowest BCUT2D eigenvalue weighted by Gasteiger charge is -2.36. The zero-order valence-corrected chi connectivity index (χ0v) is 15.5. The van der Waals surface area contributed by atoms with E-state index in [2.05, 4.69) is 5.10 Å². The van der Waals surface area contributed by atoms with Crippen LogP contribution in [0.4, 0.5) is 10.1 Å². The molecule has 1 amide bonds. The number of anilines is 1. The van der Waals surface area contributed by atoms with Gasteiger partial charge in [-0.2, -0.15) is 5.10 Å². The fourth-order valence-electron chi connectivity index (χ4n) is 3.54. The molecule has 0 saturated carbocycles. The Balaban J connectivity index is 1.48. The highest BCUT2D eigenvalue weighted by Crippen LogP contribution is 2.22. The second-order valence-electron chi connectivity index (χ2n) is 6.77. The molecule has 1 aliphatic rings. The number of hydrogen-bond acceptors (Lipinski definition) is 3. The molecule has 27 heavy (non-hydrogen) atoms. The van der Waals surface area contributed by atoms with Crippen LogP contribution in [0.1, 0.15) is 10.5 Å². The van der Waals surface area contributed by atoms with Crippen molar-refractivity contribution in [2.45, 2.75) is 0 Å². The fourth-order valence-corrected chi connectivity index (χ4v) is 3.54. The van der Waals surface area contributed by atoms with Gasteiger partial charge in [0.25, 0.3) is 5.91 Å². The first-order valence-corrected chi connectivity index (χ1v) is 8.99. The standard InChI is InChI=1S/C20H22FN5O/c1-23-9-5-8-18(23)16-14-19(24(2)22-16)20(27)26-12-10-25(11-13-26)17-7-4-3-6-15(17)21/h3-9,14H,10-13H2,1-2H3. The molecule has 0 unspecified atom stereocenters. The predicted molar refractivity (Wildman–Crippen MR) is 102 cm³/mol. The molecule has 0 aliphatic carbocycles. The number of hydrogen-bond donors (Lipinski definition) is 0. The highest BCUT2D eigenvalue weighted by molar-refractivity contribution is 5.93. The van der Waals surface area contributed by atoms with Crippen molar-refractivity contribution in [2.75, 3.05) is 31.1 Å². The summed E-state index contributed by atoms with van der Waals surface area (Å²) >= 11 is 0. The average molecular weight is 367 g/mol. The number of carbonyl (C=O) groups is 1. The zero-order valence-electron chi connectivity index (χ0n) is 15.5. The third kappa shape index (κ3) is 3.20. The maximum atomic E-state index is 14.0. The van der Waals surface area contributed by atoms with Gasteiger partial charge in [0.15, 0.2) is 0 Å². The zero-order chi connectivity index (χ0) is 19.0. The van der Waals surface area contributed by atoms with Crippen LogP contribution < -0.4 is 4.90 Å². The Hall–Kier alpha value is -3.09. The maximum Gasteiger partial charge on any atom is 0.272 e. The van der Waals surface area contributed by atoms with Crippen LogP contribution in [0.2, 0.25) is 0 Å². The average Bonchev–Trinajstić information content (AvgIpc) is 3.27. The van der Waals surface area contributed by atoms with E-state index in [9.17, 15) is 9.18 Å². The second-order valence-corrected chi connectivity index (χ2v) is 6.77. The van der Waals surface area contributed by atoms with Gasteiger partial charge in [-0.05, 0) is 30.3 Å². The van der Waals surface area contributed by atoms with E-state index in [4.69, 9.17) is 0 Å². The number of halogens is 1. The Morgan fingerprint density at radius 1 is 1.04 bits per heavy atom. The van der Waals surface area contributed by atoms with E-state index in [1.807, 2.05) is 51.9 Å². The number of para-hydroxylation sites is 1. The van der Waals surface area contributed by atoms with Gasteiger partial charge in [-0.3, -0.25) is 9.48 Å². The number of piperazine rings is 1. The predicted octanol–water partition coefficient (Wildman–Crippen LogP) is 2.53. The molecule has 3 heterocycles. The third-order valence-corrected chi connectivity index (χ3v) is 5.07. The first kappa shape index (κ1) is 17.3. The highest BCUT2D eigenvalue weighted by Gasteiger charge is 2.26. The van der Waals surface area contributed by atoms with Crippen LogP contribution in [0.3, 0.4) is 0 Å².